The largest absolute Gasteiger partial charge is 0.507 e. The van der Waals surface area contributed by atoms with E-state index in [9.17, 15) is 18.3 Å². The molecule has 1 saturated heterocycles. The number of morpholine rings is 1. The van der Waals surface area contributed by atoms with Crippen molar-refractivity contribution in [3.05, 3.63) is 53.6 Å². The van der Waals surface area contributed by atoms with Gasteiger partial charge in [0.05, 0.1) is 19.5 Å². The average molecular weight is 489 g/mol. The Balaban J connectivity index is 1.59. The fourth-order valence-electron chi connectivity index (χ4n) is 4.22. The number of rotatable bonds is 10. The fraction of sp³-hybridized carbons (Fsp3) is 0.500. The number of nitrogens with one attached hydrogen (secondary N) is 1. The molecule has 1 fully saturated rings. The van der Waals surface area contributed by atoms with E-state index in [0.29, 0.717) is 38.3 Å². The molecular formula is C26H36N2O5S. The summed E-state index contributed by atoms with van der Waals surface area (Å²) in [5.74, 6) is 0.401. The fourth-order valence-corrected chi connectivity index (χ4v) is 4.65. The lowest BCUT2D eigenvalue weighted by molar-refractivity contribution is -0.135. The summed E-state index contributed by atoms with van der Waals surface area (Å²) >= 11 is 0. The van der Waals surface area contributed by atoms with Crippen molar-refractivity contribution in [3.63, 3.8) is 0 Å². The number of unbranched alkanes of at least 4 members (excludes halogenated alkanes) is 1. The summed E-state index contributed by atoms with van der Waals surface area (Å²) in [6.45, 7) is 7.14. The van der Waals surface area contributed by atoms with Crippen molar-refractivity contribution in [2.24, 2.45) is 0 Å². The van der Waals surface area contributed by atoms with Gasteiger partial charge in [0.1, 0.15) is 5.75 Å². The van der Waals surface area contributed by atoms with Gasteiger partial charge >= 0.3 is 0 Å². The highest BCUT2D eigenvalue weighted by Gasteiger charge is 2.22. The SMILES string of the molecule is CC(C)(CCCCC(=O)N1CCOCC1)c1ccc(-c2cccc(CNS(C)(=O)=O)c2)c(O)c1. The number of benzene rings is 2. The first-order valence-corrected chi connectivity index (χ1v) is 13.7. The normalized spacial score (nSPS) is 14.9. The van der Waals surface area contributed by atoms with Crippen LogP contribution in [0.15, 0.2) is 42.5 Å². The summed E-state index contributed by atoms with van der Waals surface area (Å²) in [5, 5.41) is 10.8. The van der Waals surface area contributed by atoms with E-state index in [0.717, 1.165) is 42.2 Å². The molecule has 0 spiro atoms. The van der Waals surface area contributed by atoms with E-state index in [1.165, 1.54) is 0 Å². The maximum absolute atomic E-state index is 12.3. The molecule has 0 bridgehead atoms. The second-order valence-corrected chi connectivity index (χ2v) is 11.4. The molecule has 0 aromatic heterocycles. The van der Waals surface area contributed by atoms with E-state index >= 15 is 0 Å². The molecule has 0 atom stereocenters. The molecule has 0 aliphatic carbocycles. The van der Waals surface area contributed by atoms with Gasteiger partial charge in [-0.2, -0.15) is 0 Å². The minimum Gasteiger partial charge on any atom is -0.507 e. The van der Waals surface area contributed by atoms with Crippen molar-refractivity contribution in [2.45, 2.75) is 51.5 Å². The van der Waals surface area contributed by atoms with Crippen LogP contribution in [0.4, 0.5) is 0 Å². The van der Waals surface area contributed by atoms with Gasteiger partial charge in [0.15, 0.2) is 0 Å². The lowest BCUT2D eigenvalue weighted by Crippen LogP contribution is -2.40. The third-order valence-corrected chi connectivity index (χ3v) is 7.03. The molecule has 2 N–H and O–H groups in total. The van der Waals surface area contributed by atoms with Crippen molar-refractivity contribution >= 4 is 15.9 Å². The standard InChI is InChI=1S/C26H36N2O5S/c1-26(2,12-5-4-9-25(30)28-13-15-33-16-14-28)22-10-11-23(24(29)18-22)21-8-6-7-20(17-21)19-27-34(3,31)32/h6-8,10-11,17-18,27,29H,4-5,9,12-16,19H2,1-3H3. The van der Waals surface area contributed by atoms with Crippen LogP contribution in [-0.2, 0) is 31.5 Å². The quantitative estimate of drug-likeness (QED) is 0.496. The van der Waals surface area contributed by atoms with Gasteiger partial charge < -0.3 is 14.7 Å². The van der Waals surface area contributed by atoms with E-state index in [2.05, 4.69) is 18.6 Å². The number of hydrogen-bond acceptors (Lipinski definition) is 5. The first-order valence-electron chi connectivity index (χ1n) is 11.8. The van der Waals surface area contributed by atoms with Crippen LogP contribution in [0.25, 0.3) is 11.1 Å². The Bertz CT molecular complexity index is 1090. The van der Waals surface area contributed by atoms with Crippen molar-refractivity contribution in [2.75, 3.05) is 32.6 Å². The van der Waals surface area contributed by atoms with Gasteiger partial charge in [-0.05, 0) is 47.1 Å². The van der Waals surface area contributed by atoms with Crippen molar-refractivity contribution in [1.29, 1.82) is 0 Å². The highest BCUT2D eigenvalue weighted by atomic mass is 32.2. The molecule has 8 heteroatoms. The molecule has 0 saturated carbocycles. The summed E-state index contributed by atoms with van der Waals surface area (Å²) in [4.78, 5) is 14.2. The van der Waals surface area contributed by atoms with Crippen LogP contribution < -0.4 is 4.72 Å². The van der Waals surface area contributed by atoms with Crippen LogP contribution in [-0.4, -0.2) is 56.9 Å². The Labute approximate surface area is 203 Å². The minimum absolute atomic E-state index is 0.140. The van der Waals surface area contributed by atoms with E-state index < -0.39 is 10.0 Å². The number of phenolic OH excluding ortho intramolecular Hbond substituents is 1. The zero-order chi connectivity index (χ0) is 24.8. The minimum atomic E-state index is -3.28. The predicted molar refractivity (Wildman–Crippen MR) is 134 cm³/mol. The van der Waals surface area contributed by atoms with Crippen LogP contribution >= 0.6 is 0 Å². The molecule has 1 aliphatic heterocycles. The third-order valence-electron chi connectivity index (χ3n) is 6.36. The summed E-state index contributed by atoms with van der Waals surface area (Å²) in [6.07, 6.45) is 4.38. The summed E-state index contributed by atoms with van der Waals surface area (Å²) in [5.41, 5.74) is 3.26. The van der Waals surface area contributed by atoms with E-state index in [-0.39, 0.29) is 23.6 Å². The Morgan fingerprint density at radius 3 is 2.53 bits per heavy atom. The Morgan fingerprint density at radius 1 is 1.12 bits per heavy atom. The first-order chi connectivity index (χ1) is 16.0. The van der Waals surface area contributed by atoms with Gasteiger partial charge in [-0.15, -0.1) is 0 Å². The van der Waals surface area contributed by atoms with Crippen molar-refractivity contribution in [3.8, 4) is 16.9 Å². The molecule has 1 heterocycles. The zero-order valence-electron chi connectivity index (χ0n) is 20.3. The monoisotopic (exact) mass is 488 g/mol. The van der Waals surface area contributed by atoms with Gasteiger partial charge in [-0.25, -0.2) is 13.1 Å². The number of sulfonamides is 1. The lowest BCUT2D eigenvalue weighted by atomic mass is 9.79. The molecule has 2 aromatic rings. The van der Waals surface area contributed by atoms with Crippen molar-refractivity contribution in [1.82, 2.24) is 9.62 Å². The topological polar surface area (TPSA) is 95.9 Å². The van der Waals surface area contributed by atoms with Gasteiger partial charge in [-0.1, -0.05) is 50.6 Å². The molecule has 34 heavy (non-hydrogen) atoms. The Morgan fingerprint density at radius 2 is 1.85 bits per heavy atom. The van der Waals surface area contributed by atoms with Crippen LogP contribution in [0.3, 0.4) is 0 Å². The van der Waals surface area contributed by atoms with Gasteiger partial charge in [0.2, 0.25) is 15.9 Å². The summed E-state index contributed by atoms with van der Waals surface area (Å²) in [6, 6.07) is 13.2. The number of aromatic hydroxyl groups is 1. The van der Waals surface area contributed by atoms with Gasteiger partial charge in [0.25, 0.3) is 0 Å². The average Bonchev–Trinajstić information content (AvgIpc) is 2.80. The molecule has 0 radical (unpaired) electrons. The second-order valence-electron chi connectivity index (χ2n) is 9.61. The van der Waals surface area contributed by atoms with Crippen molar-refractivity contribution < 1.29 is 23.1 Å². The third kappa shape index (κ3) is 7.55. The predicted octanol–water partition coefficient (Wildman–Crippen LogP) is 3.81. The summed E-state index contributed by atoms with van der Waals surface area (Å²) < 4.78 is 30.5. The number of amides is 1. The molecule has 186 valence electrons. The maximum atomic E-state index is 12.3. The smallest absolute Gasteiger partial charge is 0.222 e. The number of phenols is 1. The number of hydrogen-bond donors (Lipinski definition) is 2. The Hall–Kier alpha value is -2.42. The van der Waals surface area contributed by atoms with Crippen LogP contribution in [0, 0.1) is 0 Å². The number of ether oxygens (including phenoxy) is 1. The summed E-state index contributed by atoms with van der Waals surface area (Å²) in [7, 11) is -3.28. The van der Waals surface area contributed by atoms with E-state index in [1.807, 2.05) is 47.4 Å². The van der Waals surface area contributed by atoms with E-state index in [4.69, 9.17) is 4.74 Å². The number of carbonyl (C=O) groups excluding carboxylic acids is 1. The number of carbonyl (C=O) groups is 1. The van der Waals surface area contributed by atoms with Crippen LogP contribution in [0.1, 0.15) is 50.7 Å². The Kier molecular flexibility index (Phi) is 8.73. The molecule has 7 nitrogen and oxygen atoms in total. The van der Waals surface area contributed by atoms with Gasteiger partial charge in [-0.3, -0.25) is 4.79 Å². The van der Waals surface area contributed by atoms with Crippen LogP contribution in [0.5, 0.6) is 5.75 Å². The van der Waals surface area contributed by atoms with E-state index in [1.54, 1.807) is 0 Å². The van der Waals surface area contributed by atoms with Crippen LogP contribution in [0.2, 0.25) is 0 Å². The van der Waals surface area contributed by atoms with Gasteiger partial charge in [0, 0.05) is 31.6 Å². The molecular weight excluding hydrogens is 452 g/mol. The maximum Gasteiger partial charge on any atom is 0.222 e. The molecule has 2 aromatic carbocycles. The first kappa shape index (κ1) is 26.2. The highest BCUT2D eigenvalue weighted by Crippen LogP contribution is 2.36. The highest BCUT2D eigenvalue weighted by molar-refractivity contribution is 7.88. The number of nitrogens with zero attached hydrogens (tertiary/aromatic N) is 1. The molecule has 1 aliphatic rings. The molecule has 3 rings (SSSR count). The zero-order valence-corrected chi connectivity index (χ0v) is 21.2. The molecule has 0 unspecified atom stereocenters. The lowest BCUT2D eigenvalue weighted by Gasteiger charge is -2.28. The molecule has 1 amide bonds. The second kappa shape index (κ2) is 11.3.